The number of hydrogen-bond acceptors (Lipinski definition) is 6. The lowest BCUT2D eigenvalue weighted by atomic mass is 9.90. The monoisotopic (exact) mass is 385 g/mol. The molecule has 2 aliphatic rings. The topological polar surface area (TPSA) is 70.4 Å². The number of rotatable bonds is 6. The van der Waals surface area contributed by atoms with Gasteiger partial charge in [-0.25, -0.2) is 9.98 Å². The van der Waals surface area contributed by atoms with E-state index in [-0.39, 0.29) is 11.3 Å². The minimum absolute atomic E-state index is 0.191. The number of hydrogen-bond donors (Lipinski definition) is 0. The van der Waals surface area contributed by atoms with Crippen molar-refractivity contribution in [2.45, 2.75) is 33.6 Å². The number of carbonyl (C=O) groups is 1. The van der Waals surface area contributed by atoms with E-state index in [1.54, 1.807) is 13.3 Å². The Morgan fingerprint density at radius 1 is 1.21 bits per heavy atom. The van der Waals surface area contributed by atoms with E-state index in [0.717, 1.165) is 55.5 Å². The van der Waals surface area contributed by atoms with Crippen LogP contribution in [0.5, 0.6) is 0 Å². The second-order valence-corrected chi connectivity index (χ2v) is 8.58. The first-order valence-electron chi connectivity index (χ1n) is 9.95. The molecule has 152 valence electrons. The summed E-state index contributed by atoms with van der Waals surface area (Å²) in [5, 5.41) is 0. The van der Waals surface area contributed by atoms with E-state index < -0.39 is 0 Å². The first-order valence-corrected chi connectivity index (χ1v) is 9.95. The zero-order valence-corrected chi connectivity index (χ0v) is 17.4. The van der Waals surface area contributed by atoms with E-state index >= 15 is 0 Å². The van der Waals surface area contributed by atoms with Crippen LogP contribution in [0.1, 0.15) is 39.2 Å². The molecule has 1 aromatic heterocycles. The lowest BCUT2D eigenvalue weighted by Crippen LogP contribution is -2.49. The molecule has 1 aromatic rings. The Balaban J connectivity index is 1.57. The lowest BCUT2D eigenvalue weighted by Gasteiger charge is -2.36. The highest BCUT2D eigenvalue weighted by molar-refractivity contribution is 6.12. The van der Waals surface area contributed by atoms with Gasteiger partial charge in [0.05, 0.1) is 18.9 Å². The number of piperazine rings is 1. The molecule has 0 unspecified atom stereocenters. The van der Waals surface area contributed by atoms with Gasteiger partial charge in [-0.05, 0) is 24.0 Å². The predicted octanol–water partition coefficient (Wildman–Crippen LogP) is 2.40. The highest BCUT2D eigenvalue weighted by atomic mass is 16.5. The second kappa shape index (κ2) is 8.82. The zero-order valence-electron chi connectivity index (χ0n) is 17.4. The number of nitrogens with zero attached hydrogens (tertiary/aromatic N) is 5. The van der Waals surface area contributed by atoms with E-state index in [4.69, 9.17) is 4.74 Å². The number of amides is 1. The minimum Gasteiger partial charge on any atom is -0.379 e. The molecule has 0 aromatic carbocycles. The van der Waals surface area contributed by atoms with Gasteiger partial charge in [-0.15, -0.1) is 0 Å². The molecule has 28 heavy (non-hydrogen) atoms. The van der Waals surface area contributed by atoms with Crippen LogP contribution in [0.25, 0.3) is 0 Å². The number of anilines is 1. The Bertz CT molecular complexity index is 758. The Hall–Kier alpha value is -2.28. The van der Waals surface area contributed by atoms with Gasteiger partial charge in [-0.2, -0.15) is 0 Å². The van der Waals surface area contributed by atoms with Crippen molar-refractivity contribution in [3.8, 4) is 0 Å². The van der Waals surface area contributed by atoms with Crippen molar-refractivity contribution in [2.24, 2.45) is 15.4 Å². The third-order valence-corrected chi connectivity index (χ3v) is 5.04. The Morgan fingerprint density at radius 3 is 2.64 bits per heavy atom. The van der Waals surface area contributed by atoms with Gasteiger partial charge in [0, 0.05) is 51.5 Å². The van der Waals surface area contributed by atoms with Gasteiger partial charge < -0.3 is 14.5 Å². The van der Waals surface area contributed by atoms with Crippen LogP contribution >= 0.6 is 0 Å². The van der Waals surface area contributed by atoms with E-state index in [0.29, 0.717) is 19.6 Å². The van der Waals surface area contributed by atoms with Crippen LogP contribution in [0.15, 0.2) is 28.3 Å². The van der Waals surface area contributed by atoms with Gasteiger partial charge in [0.2, 0.25) is 5.91 Å². The van der Waals surface area contributed by atoms with E-state index in [1.165, 1.54) is 0 Å². The Morgan fingerprint density at radius 2 is 1.96 bits per heavy atom. The molecule has 0 radical (unpaired) electrons. The maximum atomic E-state index is 12.5. The van der Waals surface area contributed by atoms with Crippen LogP contribution in [-0.2, 0) is 9.53 Å². The van der Waals surface area contributed by atoms with Crippen LogP contribution in [0.4, 0.5) is 5.82 Å². The number of methoxy groups -OCH3 is 1. The summed E-state index contributed by atoms with van der Waals surface area (Å²) >= 11 is 0. The molecule has 0 saturated carbocycles. The number of carbonyl (C=O) groups excluding carboxylic acids is 1. The van der Waals surface area contributed by atoms with Gasteiger partial charge in [0.25, 0.3) is 0 Å². The molecule has 7 nitrogen and oxygen atoms in total. The molecule has 3 heterocycles. The van der Waals surface area contributed by atoms with Crippen LogP contribution in [-0.4, -0.2) is 73.8 Å². The molecule has 0 N–H and O–H groups in total. The smallest absolute Gasteiger partial charge is 0.222 e. The molecule has 0 spiro atoms. The summed E-state index contributed by atoms with van der Waals surface area (Å²) in [5.74, 6) is 1.92. The molecule has 0 aliphatic carbocycles. The quantitative estimate of drug-likeness (QED) is 0.754. The molecule has 3 rings (SSSR count). The fourth-order valence-electron chi connectivity index (χ4n) is 3.34. The summed E-state index contributed by atoms with van der Waals surface area (Å²) < 4.78 is 5.14. The summed E-state index contributed by atoms with van der Waals surface area (Å²) in [7, 11) is 1.67. The van der Waals surface area contributed by atoms with E-state index in [2.05, 4.69) is 40.6 Å². The SMILES string of the molecule is COCC1=NC(c2ccnc(N3CCN(C(=O)CCC(C)(C)C)CC3)c2)=NC1. The summed E-state index contributed by atoms with van der Waals surface area (Å²) in [6.07, 6.45) is 3.35. The first-order chi connectivity index (χ1) is 13.4. The average molecular weight is 386 g/mol. The second-order valence-electron chi connectivity index (χ2n) is 8.58. The number of pyridine rings is 1. The van der Waals surface area contributed by atoms with E-state index in [9.17, 15) is 4.79 Å². The summed E-state index contributed by atoms with van der Waals surface area (Å²) in [6, 6.07) is 3.98. The molecule has 7 heteroatoms. The van der Waals surface area contributed by atoms with Crippen molar-refractivity contribution in [3.05, 3.63) is 23.9 Å². The van der Waals surface area contributed by atoms with Crippen LogP contribution in [0.2, 0.25) is 0 Å². The van der Waals surface area contributed by atoms with Crippen LogP contribution in [0.3, 0.4) is 0 Å². The molecule has 1 amide bonds. The molecule has 0 bridgehead atoms. The van der Waals surface area contributed by atoms with Crippen molar-refractivity contribution in [3.63, 3.8) is 0 Å². The normalized spacial score (nSPS) is 17.6. The van der Waals surface area contributed by atoms with E-state index in [1.807, 2.05) is 17.0 Å². The van der Waals surface area contributed by atoms with Crippen molar-refractivity contribution in [1.82, 2.24) is 9.88 Å². The van der Waals surface area contributed by atoms with Crippen molar-refractivity contribution in [1.29, 1.82) is 0 Å². The molecule has 0 atom stereocenters. The van der Waals surface area contributed by atoms with Crippen LogP contribution in [0, 0.1) is 5.41 Å². The van der Waals surface area contributed by atoms with Gasteiger partial charge in [-0.1, -0.05) is 20.8 Å². The number of aliphatic imine (C=N–C) groups is 2. The first kappa shape index (κ1) is 20.5. The summed E-state index contributed by atoms with van der Waals surface area (Å²) in [4.78, 5) is 30.2. The molecule has 1 fully saturated rings. The van der Waals surface area contributed by atoms with Gasteiger partial charge in [0.15, 0.2) is 5.84 Å². The largest absolute Gasteiger partial charge is 0.379 e. The fourth-order valence-corrected chi connectivity index (χ4v) is 3.34. The summed E-state index contributed by atoms with van der Waals surface area (Å²) in [5.41, 5.74) is 2.11. The molecular weight excluding hydrogens is 354 g/mol. The lowest BCUT2D eigenvalue weighted by molar-refractivity contribution is -0.132. The Kier molecular flexibility index (Phi) is 6.44. The van der Waals surface area contributed by atoms with Crippen LogP contribution < -0.4 is 4.90 Å². The third-order valence-electron chi connectivity index (χ3n) is 5.04. The fraction of sp³-hybridized carbons (Fsp3) is 0.619. The van der Waals surface area contributed by atoms with Crippen molar-refractivity contribution < 1.29 is 9.53 Å². The highest BCUT2D eigenvalue weighted by Gasteiger charge is 2.23. The maximum absolute atomic E-state index is 12.5. The van der Waals surface area contributed by atoms with Gasteiger partial charge >= 0.3 is 0 Å². The van der Waals surface area contributed by atoms with Crippen molar-refractivity contribution in [2.75, 3.05) is 51.3 Å². The third kappa shape index (κ3) is 5.38. The zero-order chi connectivity index (χ0) is 20.1. The molecule has 2 aliphatic heterocycles. The highest BCUT2D eigenvalue weighted by Crippen LogP contribution is 2.22. The number of amidine groups is 1. The van der Waals surface area contributed by atoms with Gasteiger partial charge in [0.1, 0.15) is 5.82 Å². The minimum atomic E-state index is 0.191. The predicted molar refractivity (Wildman–Crippen MR) is 112 cm³/mol. The van der Waals surface area contributed by atoms with Crippen molar-refractivity contribution >= 4 is 23.3 Å². The Labute approximate surface area is 167 Å². The summed E-state index contributed by atoms with van der Waals surface area (Å²) in [6.45, 7) is 10.7. The molecular formula is C21H31N5O2. The van der Waals surface area contributed by atoms with Gasteiger partial charge in [-0.3, -0.25) is 9.79 Å². The number of ether oxygens (including phenoxy) is 1. The standard InChI is InChI=1S/C21H31N5O2/c1-21(2,3)7-5-19(27)26-11-9-25(10-12-26)18-13-16(6-8-22-18)20-23-14-17(24-20)15-28-4/h6,8,13H,5,7,9-12,14-15H2,1-4H3. The molecule has 1 saturated heterocycles. The maximum Gasteiger partial charge on any atom is 0.222 e. The number of aromatic nitrogens is 1. The average Bonchev–Trinajstić information content (AvgIpc) is 3.15.